The molecule has 0 saturated carbocycles. The number of rotatable bonds is 4. The van der Waals surface area contributed by atoms with E-state index in [1.54, 1.807) is 6.34 Å². The van der Waals surface area contributed by atoms with Crippen LogP contribution in [0.5, 0.6) is 0 Å². The molecule has 0 radical (unpaired) electrons. The highest BCUT2D eigenvalue weighted by Gasteiger charge is 2.07. The molecule has 1 heterocycles. The Morgan fingerprint density at radius 1 is 1.62 bits per heavy atom. The van der Waals surface area contributed by atoms with E-state index in [0.29, 0.717) is 0 Å². The molecule has 0 saturated heterocycles. The second kappa shape index (κ2) is 6.36. The van der Waals surface area contributed by atoms with Crippen molar-refractivity contribution in [3.8, 4) is 0 Å². The third-order valence-corrected chi connectivity index (χ3v) is 2.72. The Bertz CT molecular complexity index is 313. The van der Waals surface area contributed by atoms with E-state index in [0.717, 1.165) is 25.2 Å². The number of nitrogens with zero attached hydrogens (tertiary/aromatic N) is 2. The second-order valence-electron chi connectivity index (χ2n) is 4.39. The topological polar surface area (TPSA) is 27.6 Å². The summed E-state index contributed by atoms with van der Waals surface area (Å²) in [5.41, 5.74) is 2.77. The van der Waals surface area contributed by atoms with Crippen LogP contribution in [0.2, 0.25) is 0 Å². The van der Waals surface area contributed by atoms with Gasteiger partial charge in [0, 0.05) is 19.8 Å². The molecule has 3 heteroatoms. The number of hydrogen-bond donors (Lipinski definition) is 1. The molecular weight excluding hydrogens is 198 g/mol. The highest BCUT2D eigenvalue weighted by molar-refractivity contribution is 5.58. The Morgan fingerprint density at radius 3 is 3.06 bits per heavy atom. The molecule has 0 fully saturated rings. The van der Waals surface area contributed by atoms with Crippen molar-refractivity contribution in [1.29, 1.82) is 0 Å². The second-order valence-corrected chi connectivity index (χ2v) is 4.39. The molecule has 16 heavy (non-hydrogen) atoms. The highest BCUT2D eigenvalue weighted by atomic mass is 15.2. The molecule has 1 aliphatic rings. The van der Waals surface area contributed by atoms with Gasteiger partial charge in [0.15, 0.2) is 0 Å². The Labute approximate surface area is 98.9 Å². The summed E-state index contributed by atoms with van der Waals surface area (Å²) < 4.78 is 0. The van der Waals surface area contributed by atoms with Gasteiger partial charge in [0.2, 0.25) is 0 Å². The summed E-state index contributed by atoms with van der Waals surface area (Å²) in [5.74, 6) is 1.16. The van der Waals surface area contributed by atoms with Gasteiger partial charge in [-0.3, -0.25) is 4.99 Å². The molecule has 0 spiro atoms. The van der Waals surface area contributed by atoms with Gasteiger partial charge in [-0.25, -0.2) is 0 Å². The Kier molecular flexibility index (Phi) is 5.09. The van der Waals surface area contributed by atoms with Gasteiger partial charge in [-0.05, 0) is 32.3 Å². The molecule has 0 atom stereocenters. The summed E-state index contributed by atoms with van der Waals surface area (Å²) in [7, 11) is 2.09. The van der Waals surface area contributed by atoms with E-state index in [1.807, 2.05) is 0 Å². The zero-order chi connectivity index (χ0) is 12.0. The zero-order valence-corrected chi connectivity index (χ0v) is 10.9. The van der Waals surface area contributed by atoms with Gasteiger partial charge in [0.05, 0.1) is 6.34 Å². The van der Waals surface area contributed by atoms with Gasteiger partial charge in [-0.2, -0.15) is 0 Å². The zero-order valence-electron chi connectivity index (χ0n) is 10.9. The summed E-state index contributed by atoms with van der Waals surface area (Å²) in [5, 5.41) is 3.25. The van der Waals surface area contributed by atoms with Crippen LogP contribution in [0.15, 0.2) is 28.2 Å². The fraction of sp³-hybridized carbons (Fsp3) is 0.615. The van der Waals surface area contributed by atoms with E-state index in [1.165, 1.54) is 17.6 Å². The Balaban J connectivity index is 2.74. The van der Waals surface area contributed by atoms with Crippen LogP contribution in [-0.4, -0.2) is 24.8 Å². The van der Waals surface area contributed by atoms with Crippen LogP contribution < -0.4 is 5.32 Å². The van der Waals surface area contributed by atoms with E-state index in [4.69, 9.17) is 0 Å². The summed E-state index contributed by atoms with van der Waals surface area (Å²) in [6.07, 6.45) is 7.39. The van der Waals surface area contributed by atoms with Crippen molar-refractivity contribution in [2.45, 2.75) is 40.0 Å². The van der Waals surface area contributed by atoms with Gasteiger partial charge in [-0.15, -0.1) is 0 Å². The van der Waals surface area contributed by atoms with Crippen LogP contribution in [0.1, 0.15) is 40.0 Å². The fourth-order valence-corrected chi connectivity index (χ4v) is 1.90. The first-order valence-corrected chi connectivity index (χ1v) is 6.00. The predicted molar refractivity (Wildman–Crippen MR) is 70.2 cm³/mol. The first kappa shape index (κ1) is 12.8. The molecule has 1 aliphatic heterocycles. The molecule has 90 valence electrons. The summed E-state index contributed by atoms with van der Waals surface area (Å²) >= 11 is 0. The first-order chi connectivity index (χ1) is 7.65. The molecule has 0 unspecified atom stereocenters. The lowest BCUT2D eigenvalue weighted by atomic mass is 10.2. The SMILES string of the molecule is CCC/C(C)=C\N(C)C1=C(C)CCN=CN1. The molecule has 0 amide bonds. The number of aliphatic imine (C=N–C) groups is 1. The largest absolute Gasteiger partial charge is 0.338 e. The first-order valence-electron chi connectivity index (χ1n) is 6.00. The van der Waals surface area contributed by atoms with E-state index in [2.05, 4.69) is 49.2 Å². The molecule has 3 nitrogen and oxygen atoms in total. The maximum absolute atomic E-state index is 4.24. The molecule has 0 aromatic rings. The van der Waals surface area contributed by atoms with Crippen molar-refractivity contribution in [3.05, 3.63) is 23.2 Å². The van der Waals surface area contributed by atoms with Gasteiger partial charge in [0.25, 0.3) is 0 Å². The molecule has 0 aromatic heterocycles. The Hall–Kier alpha value is -1.25. The molecule has 1 N–H and O–H groups in total. The standard InChI is InChI=1S/C13H23N3/c1-5-6-11(2)9-16(4)13-12(3)7-8-14-10-15-13/h9-10H,5-8H2,1-4H3,(H,14,15)/b11-9-. The molecular formula is C13H23N3. The van der Waals surface area contributed by atoms with Crippen LogP contribution >= 0.6 is 0 Å². The quantitative estimate of drug-likeness (QED) is 0.790. The van der Waals surface area contributed by atoms with Crippen LogP contribution in [0.25, 0.3) is 0 Å². The van der Waals surface area contributed by atoms with E-state index in [-0.39, 0.29) is 0 Å². The smallest absolute Gasteiger partial charge is 0.109 e. The molecule has 0 bridgehead atoms. The van der Waals surface area contributed by atoms with E-state index in [9.17, 15) is 0 Å². The molecule has 0 aromatic carbocycles. The van der Waals surface area contributed by atoms with Crippen molar-refractivity contribution < 1.29 is 0 Å². The Morgan fingerprint density at radius 2 is 2.38 bits per heavy atom. The van der Waals surface area contributed by atoms with Crippen molar-refractivity contribution >= 4 is 6.34 Å². The maximum atomic E-state index is 4.24. The van der Waals surface area contributed by atoms with Gasteiger partial charge in [0.1, 0.15) is 5.82 Å². The van der Waals surface area contributed by atoms with E-state index < -0.39 is 0 Å². The van der Waals surface area contributed by atoms with Crippen molar-refractivity contribution in [2.24, 2.45) is 4.99 Å². The van der Waals surface area contributed by atoms with E-state index >= 15 is 0 Å². The van der Waals surface area contributed by atoms with Crippen molar-refractivity contribution in [2.75, 3.05) is 13.6 Å². The number of allylic oxidation sites excluding steroid dienone is 1. The number of hydrogen-bond acceptors (Lipinski definition) is 3. The molecule has 1 rings (SSSR count). The lowest BCUT2D eigenvalue weighted by Gasteiger charge is -2.21. The number of nitrogens with one attached hydrogen (secondary N) is 1. The summed E-state index contributed by atoms with van der Waals surface area (Å²) in [6.45, 7) is 7.43. The summed E-state index contributed by atoms with van der Waals surface area (Å²) in [4.78, 5) is 6.41. The van der Waals surface area contributed by atoms with Gasteiger partial charge in [-0.1, -0.05) is 18.9 Å². The van der Waals surface area contributed by atoms with Crippen LogP contribution in [0.4, 0.5) is 0 Å². The minimum atomic E-state index is 0.883. The van der Waals surface area contributed by atoms with Gasteiger partial charge >= 0.3 is 0 Å². The molecule has 0 aliphatic carbocycles. The summed E-state index contributed by atoms with van der Waals surface area (Å²) in [6, 6.07) is 0. The minimum absolute atomic E-state index is 0.883. The monoisotopic (exact) mass is 221 g/mol. The van der Waals surface area contributed by atoms with Crippen LogP contribution in [-0.2, 0) is 0 Å². The van der Waals surface area contributed by atoms with Crippen molar-refractivity contribution in [1.82, 2.24) is 10.2 Å². The third kappa shape index (κ3) is 3.72. The predicted octanol–water partition coefficient (Wildman–Crippen LogP) is 2.88. The fourth-order valence-electron chi connectivity index (χ4n) is 1.90. The third-order valence-electron chi connectivity index (χ3n) is 2.72. The lowest BCUT2D eigenvalue weighted by molar-refractivity contribution is 0.525. The lowest BCUT2D eigenvalue weighted by Crippen LogP contribution is -2.25. The average Bonchev–Trinajstić information content (AvgIpc) is 2.43. The minimum Gasteiger partial charge on any atom is -0.338 e. The van der Waals surface area contributed by atoms with Crippen LogP contribution in [0.3, 0.4) is 0 Å². The highest BCUT2D eigenvalue weighted by Crippen LogP contribution is 2.13. The van der Waals surface area contributed by atoms with Gasteiger partial charge < -0.3 is 10.2 Å². The van der Waals surface area contributed by atoms with Crippen molar-refractivity contribution in [3.63, 3.8) is 0 Å². The van der Waals surface area contributed by atoms with Crippen LogP contribution in [0, 0.1) is 0 Å². The normalized spacial score (nSPS) is 17.1. The average molecular weight is 221 g/mol. The maximum Gasteiger partial charge on any atom is 0.109 e.